The molecule has 5 heteroatoms. The largest absolute Gasteiger partial charge is 0.242 e. The highest BCUT2D eigenvalue weighted by Gasteiger charge is 2.19. The maximum absolute atomic E-state index is 12.0. The van der Waals surface area contributed by atoms with E-state index in [4.69, 9.17) is 5.26 Å². The smallest absolute Gasteiger partial charge is 0.207 e. The Morgan fingerprint density at radius 3 is 2.69 bits per heavy atom. The zero-order valence-corrected chi connectivity index (χ0v) is 10.2. The molecule has 0 fully saturated rings. The van der Waals surface area contributed by atoms with Crippen molar-refractivity contribution in [1.82, 2.24) is 4.31 Å². The van der Waals surface area contributed by atoms with Crippen molar-refractivity contribution in [2.24, 2.45) is 0 Å². The van der Waals surface area contributed by atoms with Gasteiger partial charge >= 0.3 is 0 Å². The summed E-state index contributed by atoms with van der Waals surface area (Å²) >= 11 is 0. The molecule has 0 N–H and O–H groups in total. The number of nitrogens with zero attached hydrogens (tertiary/aromatic N) is 2. The average molecular weight is 238 g/mol. The van der Waals surface area contributed by atoms with E-state index in [1.807, 2.05) is 13.0 Å². The molecule has 0 saturated heterocycles. The predicted octanol–water partition coefficient (Wildman–Crippen LogP) is 1.59. The maximum Gasteiger partial charge on any atom is 0.242 e. The Bertz CT molecular complexity index is 503. The van der Waals surface area contributed by atoms with Gasteiger partial charge in [-0.25, -0.2) is 12.7 Å². The molecule has 86 valence electrons. The Morgan fingerprint density at radius 2 is 2.12 bits per heavy atom. The summed E-state index contributed by atoms with van der Waals surface area (Å²) in [6.45, 7) is 2.39. The van der Waals surface area contributed by atoms with Crippen LogP contribution in [0.2, 0.25) is 0 Å². The van der Waals surface area contributed by atoms with Crippen LogP contribution in [0.25, 0.3) is 0 Å². The Balaban J connectivity index is 3.13. The van der Waals surface area contributed by atoms with Gasteiger partial charge in [-0.2, -0.15) is 5.26 Å². The van der Waals surface area contributed by atoms with Crippen LogP contribution in [0.15, 0.2) is 29.2 Å². The minimum absolute atomic E-state index is 0.169. The molecule has 16 heavy (non-hydrogen) atoms. The molecule has 0 radical (unpaired) electrons. The number of sulfonamides is 1. The number of benzene rings is 1. The van der Waals surface area contributed by atoms with Crippen LogP contribution in [0.1, 0.15) is 18.9 Å². The SMILES string of the molecule is CCCN(C)S(=O)(=O)c1cccc(C#N)c1. The molecule has 0 amide bonds. The summed E-state index contributed by atoms with van der Waals surface area (Å²) < 4.78 is 25.3. The van der Waals surface area contributed by atoms with Crippen LogP contribution in [0.3, 0.4) is 0 Å². The normalized spacial score (nSPS) is 11.4. The molecule has 0 heterocycles. The van der Waals surface area contributed by atoms with Crippen LogP contribution in [-0.2, 0) is 10.0 Å². The molecule has 1 aromatic rings. The average Bonchev–Trinajstić information content (AvgIpc) is 2.29. The van der Waals surface area contributed by atoms with E-state index in [0.717, 1.165) is 6.42 Å². The summed E-state index contributed by atoms with van der Waals surface area (Å²) in [5.74, 6) is 0. The van der Waals surface area contributed by atoms with Crippen molar-refractivity contribution in [3.05, 3.63) is 29.8 Å². The Labute approximate surface area is 96.2 Å². The quantitative estimate of drug-likeness (QED) is 0.800. The predicted molar refractivity (Wildman–Crippen MR) is 61.3 cm³/mol. The molecule has 0 aliphatic carbocycles. The van der Waals surface area contributed by atoms with E-state index in [1.54, 1.807) is 12.1 Å². The van der Waals surface area contributed by atoms with Gasteiger partial charge in [0.25, 0.3) is 0 Å². The van der Waals surface area contributed by atoms with Crippen molar-refractivity contribution in [3.63, 3.8) is 0 Å². The van der Waals surface area contributed by atoms with Gasteiger partial charge in [0.2, 0.25) is 10.0 Å². The summed E-state index contributed by atoms with van der Waals surface area (Å²) in [4.78, 5) is 0.169. The second-order valence-electron chi connectivity index (χ2n) is 3.47. The van der Waals surface area contributed by atoms with E-state index in [0.29, 0.717) is 12.1 Å². The Kier molecular flexibility index (Phi) is 4.05. The molecule has 0 saturated carbocycles. The number of rotatable bonds is 4. The molecule has 0 atom stereocenters. The fourth-order valence-electron chi connectivity index (χ4n) is 1.34. The van der Waals surface area contributed by atoms with Gasteiger partial charge in [-0.15, -0.1) is 0 Å². The Morgan fingerprint density at radius 1 is 1.44 bits per heavy atom. The molecule has 0 bridgehead atoms. The molecule has 0 unspecified atom stereocenters. The van der Waals surface area contributed by atoms with Gasteiger partial charge in [0.1, 0.15) is 0 Å². The van der Waals surface area contributed by atoms with E-state index in [1.165, 1.54) is 23.5 Å². The second kappa shape index (κ2) is 5.10. The molecule has 0 spiro atoms. The summed E-state index contributed by atoms with van der Waals surface area (Å²) in [6.07, 6.45) is 0.758. The van der Waals surface area contributed by atoms with E-state index in [-0.39, 0.29) is 4.90 Å². The van der Waals surface area contributed by atoms with E-state index in [9.17, 15) is 8.42 Å². The molecule has 0 aliphatic rings. The summed E-state index contributed by atoms with van der Waals surface area (Å²) in [5.41, 5.74) is 0.353. The van der Waals surface area contributed by atoms with Crippen LogP contribution >= 0.6 is 0 Å². The van der Waals surface area contributed by atoms with Gasteiger partial charge in [0.05, 0.1) is 16.5 Å². The first kappa shape index (κ1) is 12.7. The molecule has 0 aliphatic heterocycles. The van der Waals surface area contributed by atoms with Crippen LogP contribution in [-0.4, -0.2) is 26.3 Å². The fourth-order valence-corrected chi connectivity index (χ4v) is 2.65. The minimum atomic E-state index is -3.45. The zero-order chi connectivity index (χ0) is 12.2. The van der Waals surface area contributed by atoms with Crippen LogP contribution < -0.4 is 0 Å². The molecule has 4 nitrogen and oxygen atoms in total. The third-order valence-corrected chi connectivity index (χ3v) is 4.06. The van der Waals surface area contributed by atoms with Crippen molar-refractivity contribution in [1.29, 1.82) is 5.26 Å². The van der Waals surface area contributed by atoms with E-state index >= 15 is 0 Å². The number of hydrogen-bond donors (Lipinski definition) is 0. The first-order valence-electron chi connectivity index (χ1n) is 4.99. The van der Waals surface area contributed by atoms with E-state index in [2.05, 4.69) is 0 Å². The minimum Gasteiger partial charge on any atom is -0.207 e. The van der Waals surface area contributed by atoms with Gasteiger partial charge in [0, 0.05) is 13.6 Å². The van der Waals surface area contributed by atoms with Gasteiger partial charge in [-0.05, 0) is 24.6 Å². The lowest BCUT2D eigenvalue weighted by atomic mass is 10.2. The van der Waals surface area contributed by atoms with Crippen LogP contribution in [0.5, 0.6) is 0 Å². The first-order chi connectivity index (χ1) is 7.52. The molecular weight excluding hydrogens is 224 g/mol. The van der Waals surface area contributed by atoms with Gasteiger partial charge in [-0.3, -0.25) is 0 Å². The van der Waals surface area contributed by atoms with Crippen molar-refractivity contribution in [3.8, 4) is 6.07 Å². The molecule has 0 aromatic heterocycles. The highest BCUT2D eigenvalue weighted by molar-refractivity contribution is 7.89. The molecule has 1 aromatic carbocycles. The monoisotopic (exact) mass is 238 g/mol. The zero-order valence-electron chi connectivity index (χ0n) is 9.34. The lowest BCUT2D eigenvalue weighted by Gasteiger charge is -2.16. The third-order valence-electron chi connectivity index (χ3n) is 2.21. The molecular formula is C11H14N2O2S. The van der Waals surface area contributed by atoms with E-state index < -0.39 is 10.0 Å². The first-order valence-corrected chi connectivity index (χ1v) is 6.43. The van der Waals surface area contributed by atoms with Crippen molar-refractivity contribution >= 4 is 10.0 Å². The number of hydrogen-bond acceptors (Lipinski definition) is 3. The highest BCUT2D eigenvalue weighted by atomic mass is 32.2. The summed E-state index contributed by atoms with van der Waals surface area (Å²) in [6, 6.07) is 7.98. The third kappa shape index (κ3) is 2.60. The molecule has 1 rings (SSSR count). The Hall–Kier alpha value is -1.38. The van der Waals surface area contributed by atoms with Crippen molar-refractivity contribution in [2.75, 3.05) is 13.6 Å². The van der Waals surface area contributed by atoms with Crippen molar-refractivity contribution < 1.29 is 8.42 Å². The fraction of sp³-hybridized carbons (Fsp3) is 0.364. The summed E-state index contributed by atoms with van der Waals surface area (Å²) in [7, 11) is -1.91. The second-order valence-corrected chi connectivity index (χ2v) is 5.51. The van der Waals surface area contributed by atoms with Gasteiger partial charge in [-0.1, -0.05) is 13.0 Å². The van der Waals surface area contributed by atoms with Crippen molar-refractivity contribution in [2.45, 2.75) is 18.2 Å². The lowest BCUT2D eigenvalue weighted by molar-refractivity contribution is 0.468. The topological polar surface area (TPSA) is 61.2 Å². The van der Waals surface area contributed by atoms with Crippen LogP contribution in [0.4, 0.5) is 0 Å². The lowest BCUT2D eigenvalue weighted by Crippen LogP contribution is -2.27. The maximum atomic E-state index is 12.0. The summed E-state index contributed by atoms with van der Waals surface area (Å²) in [5, 5.41) is 8.71. The van der Waals surface area contributed by atoms with Gasteiger partial charge in [0.15, 0.2) is 0 Å². The van der Waals surface area contributed by atoms with Crippen LogP contribution in [0, 0.1) is 11.3 Å². The number of nitriles is 1. The highest BCUT2D eigenvalue weighted by Crippen LogP contribution is 2.15. The van der Waals surface area contributed by atoms with Gasteiger partial charge < -0.3 is 0 Å². The standard InChI is InChI=1S/C11H14N2O2S/c1-3-7-13(2)16(14,15)11-6-4-5-10(8-11)9-12/h4-6,8H,3,7H2,1-2H3.